The number of piperazine rings is 1. The third-order valence-electron chi connectivity index (χ3n) is 3.64. The molecule has 1 fully saturated rings. The maximum atomic E-state index is 13.6. The summed E-state index contributed by atoms with van der Waals surface area (Å²) >= 11 is 1.69. The third-order valence-corrected chi connectivity index (χ3v) is 4.37. The zero-order valence-corrected chi connectivity index (χ0v) is 12.4. The average molecular weight is 305 g/mol. The first-order chi connectivity index (χ1) is 10.2. The summed E-state index contributed by atoms with van der Waals surface area (Å²) in [6, 6.07) is 5.19. The Labute approximate surface area is 126 Å². The lowest BCUT2D eigenvalue weighted by Crippen LogP contribution is -2.48. The SMILES string of the molecule is O=C(c1cccnc1F)N1CCN(Cc2ccsc2)CC1. The number of hydrogen-bond acceptors (Lipinski definition) is 4. The standard InChI is InChI=1S/C15H16FN3OS/c16-14-13(2-1-4-17-14)15(20)19-7-5-18(6-8-19)10-12-3-9-21-11-12/h1-4,9,11H,5-8,10H2. The largest absolute Gasteiger partial charge is 0.336 e. The fourth-order valence-electron chi connectivity index (χ4n) is 2.47. The zero-order valence-electron chi connectivity index (χ0n) is 11.5. The Kier molecular flexibility index (Phi) is 4.26. The molecular weight excluding hydrogens is 289 g/mol. The van der Waals surface area contributed by atoms with Gasteiger partial charge in [-0.25, -0.2) is 4.98 Å². The van der Waals surface area contributed by atoms with E-state index in [2.05, 4.69) is 26.7 Å². The van der Waals surface area contributed by atoms with Crippen LogP contribution in [0.1, 0.15) is 15.9 Å². The van der Waals surface area contributed by atoms with Crippen molar-refractivity contribution in [3.63, 3.8) is 0 Å². The van der Waals surface area contributed by atoms with Gasteiger partial charge in [0.2, 0.25) is 5.95 Å². The Morgan fingerprint density at radius 2 is 2.10 bits per heavy atom. The van der Waals surface area contributed by atoms with E-state index in [1.165, 1.54) is 17.8 Å². The van der Waals surface area contributed by atoms with Crippen molar-refractivity contribution in [3.8, 4) is 0 Å². The van der Waals surface area contributed by atoms with Gasteiger partial charge >= 0.3 is 0 Å². The Bertz CT molecular complexity index is 609. The van der Waals surface area contributed by atoms with Gasteiger partial charge in [0.1, 0.15) is 0 Å². The van der Waals surface area contributed by atoms with Crippen molar-refractivity contribution in [2.45, 2.75) is 6.54 Å². The fraction of sp³-hybridized carbons (Fsp3) is 0.333. The molecule has 0 spiro atoms. The molecule has 2 aromatic heterocycles. The molecule has 0 aliphatic carbocycles. The summed E-state index contributed by atoms with van der Waals surface area (Å²) in [7, 11) is 0. The Hall–Kier alpha value is -1.79. The van der Waals surface area contributed by atoms with Gasteiger partial charge in [0.25, 0.3) is 5.91 Å². The predicted molar refractivity (Wildman–Crippen MR) is 79.7 cm³/mol. The minimum absolute atomic E-state index is 0.0591. The van der Waals surface area contributed by atoms with E-state index in [-0.39, 0.29) is 11.5 Å². The minimum atomic E-state index is -0.691. The zero-order chi connectivity index (χ0) is 14.7. The highest BCUT2D eigenvalue weighted by molar-refractivity contribution is 7.07. The molecule has 2 aromatic rings. The van der Waals surface area contributed by atoms with Crippen LogP contribution in [-0.2, 0) is 6.54 Å². The molecule has 3 heterocycles. The van der Waals surface area contributed by atoms with Crippen molar-refractivity contribution in [2.75, 3.05) is 26.2 Å². The predicted octanol–water partition coefficient (Wildman–Crippen LogP) is 2.24. The normalized spacial score (nSPS) is 16.1. The van der Waals surface area contributed by atoms with Crippen LogP contribution in [0.3, 0.4) is 0 Å². The van der Waals surface area contributed by atoms with Gasteiger partial charge in [-0.1, -0.05) is 0 Å². The van der Waals surface area contributed by atoms with E-state index in [9.17, 15) is 9.18 Å². The highest BCUT2D eigenvalue weighted by atomic mass is 32.1. The van der Waals surface area contributed by atoms with Gasteiger partial charge in [-0.15, -0.1) is 0 Å². The van der Waals surface area contributed by atoms with Crippen LogP contribution >= 0.6 is 11.3 Å². The Morgan fingerprint density at radius 3 is 2.76 bits per heavy atom. The molecular formula is C15H16FN3OS. The molecule has 1 aliphatic heterocycles. The highest BCUT2D eigenvalue weighted by Gasteiger charge is 2.24. The molecule has 1 saturated heterocycles. The molecule has 0 N–H and O–H groups in total. The molecule has 0 atom stereocenters. The van der Waals surface area contributed by atoms with E-state index >= 15 is 0 Å². The summed E-state index contributed by atoms with van der Waals surface area (Å²) < 4.78 is 13.6. The summed E-state index contributed by atoms with van der Waals surface area (Å²) in [4.78, 5) is 19.8. The number of nitrogens with zero attached hydrogens (tertiary/aromatic N) is 3. The molecule has 3 rings (SSSR count). The lowest BCUT2D eigenvalue weighted by Gasteiger charge is -2.34. The number of rotatable bonds is 3. The molecule has 0 aromatic carbocycles. The highest BCUT2D eigenvalue weighted by Crippen LogP contribution is 2.14. The van der Waals surface area contributed by atoms with E-state index < -0.39 is 5.95 Å². The summed E-state index contributed by atoms with van der Waals surface area (Å²) in [6.45, 7) is 3.77. The van der Waals surface area contributed by atoms with Gasteiger partial charge in [-0.2, -0.15) is 15.7 Å². The first kappa shape index (κ1) is 14.2. The average Bonchev–Trinajstić information content (AvgIpc) is 3.01. The van der Waals surface area contributed by atoms with E-state index in [1.54, 1.807) is 22.3 Å². The Balaban J connectivity index is 1.58. The van der Waals surface area contributed by atoms with Crippen LogP contribution < -0.4 is 0 Å². The number of aromatic nitrogens is 1. The lowest BCUT2D eigenvalue weighted by atomic mass is 10.2. The molecule has 6 heteroatoms. The Morgan fingerprint density at radius 1 is 1.29 bits per heavy atom. The van der Waals surface area contributed by atoms with Gasteiger partial charge in [-0.05, 0) is 34.5 Å². The molecule has 4 nitrogen and oxygen atoms in total. The first-order valence-corrected chi connectivity index (χ1v) is 7.81. The fourth-order valence-corrected chi connectivity index (χ4v) is 3.13. The summed E-state index contributed by atoms with van der Waals surface area (Å²) in [5, 5.41) is 4.21. The third kappa shape index (κ3) is 3.28. The topological polar surface area (TPSA) is 36.4 Å². The second kappa shape index (κ2) is 6.32. The number of carbonyl (C=O) groups excluding carboxylic acids is 1. The maximum absolute atomic E-state index is 13.6. The van der Waals surface area contributed by atoms with Gasteiger partial charge in [0.05, 0.1) is 5.56 Å². The number of hydrogen-bond donors (Lipinski definition) is 0. The molecule has 0 bridgehead atoms. The van der Waals surface area contributed by atoms with Gasteiger partial charge < -0.3 is 4.90 Å². The van der Waals surface area contributed by atoms with Crippen LogP contribution in [-0.4, -0.2) is 46.9 Å². The van der Waals surface area contributed by atoms with Crippen LogP contribution in [0.15, 0.2) is 35.2 Å². The van der Waals surface area contributed by atoms with Crippen molar-refractivity contribution < 1.29 is 9.18 Å². The number of amides is 1. The van der Waals surface area contributed by atoms with Crippen molar-refractivity contribution in [1.82, 2.24) is 14.8 Å². The molecule has 0 unspecified atom stereocenters. The molecule has 0 saturated carbocycles. The number of thiophene rings is 1. The molecule has 1 amide bonds. The van der Waals surface area contributed by atoms with Crippen LogP contribution in [0.2, 0.25) is 0 Å². The van der Waals surface area contributed by atoms with Crippen LogP contribution in [0, 0.1) is 5.95 Å². The lowest BCUT2D eigenvalue weighted by molar-refractivity contribution is 0.0623. The number of pyridine rings is 1. The summed E-state index contributed by atoms with van der Waals surface area (Å²) in [5.74, 6) is -0.959. The van der Waals surface area contributed by atoms with E-state index in [1.807, 2.05) is 0 Å². The number of halogens is 1. The smallest absolute Gasteiger partial charge is 0.258 e. The van der Waals surface area contributed by atoms with E-state index in [0.29, 0.717) is 13.1 Å². The first-order valence-electron chi connectivity index (χ1n) is 6.87. The van der Waals surface area contributed by atoms with Gasteiger partial charge in [0, 0.05) is 38.9 Å². The molecule has 0 radical (unpaired) electrons. The maximum Gasteiger partial charge on any atom is 0.258 e. The molecule has 1 aliphatic rings. The minimum Gasteiger partial charge on any atom is -0.336 e. The molecule has 110 valence electrons. The number of carbonyl (C=O) groups is 1. The summed E-state index contributed by atoms with van der Waals surface area (Å²) in [6.07, 6.45) is 1.35. The van der Waals surface area contributed by atoms with Gasteiger partial charge in [-0.3, -0.25) is 9.69 Å². The van der Waals surface area contributed by atoms with Crippen molar-refractivity contribution in [2.24, 2.45) is 0 Å². The second-order valence-corrected chi connectivity index (χ2v) is 5.82. The van der Waals surface area contributed by atoms with Crippen LogP contribution in [0.25, 0.3) is 0 Å². The van der Waals surface area contributed by atoms with Crippen molar-refractivity contribution >= 4 is 17.2 Å². The quantitative estimate of drug-likeness (QED) is 0.816. The van der Waals surface area contributed by atoms with Crippen molar-refractivity contribution in [1.29, 1.82) is 0 Å². The van der Waals surface area contributed by atoms with Crippen LogP contribution in [0.5, 0.6) is 0 Å². The second-order valence-electron chi connectivity index (χ2n) is 5.04. The van der Waals surface area contributed by atoms with E-state index in [0.717, 1.165) is 19.6 Å². The van der Waals surface area contributed by atoms with E-state index in [4.69, 9.17) is 0 Å². The van der Waals surface area contributed by atoms with Gasteiger partial charge in [0.15, 0.2) is 0 Å². The monoisotopic (exact) mass is 305 g/mol. The van der Waals surface area contributed by atoms with Crippen LogP contribution in [0.4, 0.5) is 4.39 Å². The molecule has 21 heavy (non-hydrogen) atoms. The summed E-state index contributed by atoms with van der Waals surface area (Å²) in [5.41, 5.74) is 1.36. The van der Waals surface area contributed by atoms with Crippen molar-refractivity contribution in [3.05, 3.63) is 52.2 Å².